The number of allylic oxidation sites excluding steroid dienone is 2. The van der Waals surface area contributed by atoms with E-state index in [1.807, 2.05) is 19.9 Å². The first-order chi connectivity index (χ1) is 10.4. The van der Waals surface area contributed by atoms with E-state index in [0.29, 0.717) is 23.1 Å². The van der Waals surface area contributed by atoms with Gasteiger partial charge in [-0.15, -0.1) is 0 Å². The SMILES string of the molecule is COc1c(O)cc(-c2ccc(O)cc2)c(O)c1CC=C(C)C. The van der Waals surface area contributed by atoms with Crippen molar-refractivity contribution in [1.82, 2.24) is 0 Å². The largest absolute Gasteiger partial charge is 0.508 e. The van der Waals surface area contributed by atoms with Crippen LogP contribution in [0.1, 0.15) is 19.4 Å². The number of ether oxygens (including phenoxy) is 1. The van der Waals surface area contributed by atoms with Gasteiger partial charge in [-0.1, -0.05) is 23.8 Å². The van der Waals surface area contributed by atoms with E-state index in [-0.39, 0.29) is 23.0 Å². The van der Waals surface area contributed by atoms with Gasteiger partial charge in [0.1, 0.15) is 11.5 Å². The minimum absolute atomic E-state index is 0.0273. The average Bonchev–Trinajstić information content (AvgIpc) is 2.48. The maximum Gasteiger partial charge on any atom is 0.167 e. The number of phenolic OH excluding ortho intramolecular Hbond substituents is 3. The molecule has 0 spiro atoms. The Labute approximate surface area is 129 Å². The molecule has 2 aromatic rings. The number of methoxy groups -OCH3 is 1. The summed E-state index contributed by atoms with van der Waals surface area (Å²) in [4.78, 5) is 0. The summed E-state index contributed by atoms with van der Waals surface area (Å²) in [6.45, 7) is 3.93. The maximum atomic E-state index is 10.6. The lowest BCUT2D eigenvalue weighted by Crippen LogP contribution is -1.95. The second-order valence-electron chi connectivity index (χ2n) is 5.34. The second-order valence-corrected chi connectivity index (χ2v) is 5.34. The van der Waals surface area contributed by atoms with E-state index in [0.717, 1.165) is 5.57 Å². The van der Waals surface area contributed by atoms with Crippen molar-refractivity contribution in [2.45, 2.75) is 20.3 Å². The Morgan fingerprint density at radius 1 is 1.09 bits per heavy atom. The van der Waals surface area contributed by atoms with Gasteiger partial charge < -0.3 is 20.1 Å². The highest BCUT2D eigenvalue weighted by Crippen LogP contribution is 2.44. The van der Waals surface area contributed by atoms with Crippen LogP contribution in [0.2, 0.25) is 0 Å². The molecule has 4 nitrogen and oxygen atoms in total. The molecule has 0 aliphatic rings. The van der Waals surface area contributed by atoms with Crippen molar-refractivity contribution in [3.8, 4) is 34.1 Å². The molecule has 0 saturated heterocycles. The van der Waals surface area contributed by atoms with Gasteiger partial charge in [-0.2, -0.15) is 0 Å². The van der Waals surface area contributed by atoms with Crippen molar-refractivity contribution < 1.29 is 20.1 Å². The third-order valence-corrected chi connectivity index (χ3v) is 3.43. The molecule has 0 unspecified atom stereocenters. The summed E-state index contributed by atoms with van der Waals surface area (Å²) >= 11 is 0. The van der Waals surface area contributed by atoms with Crippen LogP contribution in [0, 0.1) is 0 Å². The van der Waals surface area contributed by atoms with Crippen molar-refractivity contribution in [2.24, 2.45) is 0 Å². The Bertz CT molecular complexity index is 696. The molecule has 4 heteroatoms. The lowest BCUT2D eigenvalue weighted by molar-refractivity contribution is 0.364. The van der Waals surface area contributed by atoms with Crippen LogP contribution in [0.5, 0.6) is 23.0 Å². The Kier molecular flexibility index (Phi) is 4.61. The lowest BCUT2D eigenvalue weighted by atomic mass is 9.97. The van der Waals surface area contributed by atoms with Crippen LogP contribution < -0.4 is 4.74 Å². The molecule has 0 atom stereocenters. The van der Waals surface area contributed by atoms with E-state index in [1.165, 1.54) is 25.3 Å². The van der Waals surface area contributed by atoms with Gasteiger partial charge in [0.05, 0.1) is 7.11 Å². The molecule has 0 amide bonds. The third kappa shape index (κ3) is 3.17. The molecule has 116 valence electrons. The molecule has 2 aromatic carbocycles. The monoisotopic (exact) mass is 300 g/mol. The van der Waals surface area contributed by atoms with Gasteiger partial charge in [-0.3, -0.25) is 0 Å². The first kappa shape index (κ1) is 15.8. The van der Waals surface area contributed by atoms with Crippen LogP contribution in [-0.2, 0) is 6.42 Å². The standard InChI is InChI=1S/C18H20O4/c1-11(2)4-9-14-17(21)15(10-16(20)18(14)22-3)12-5-7-13(19)8-6-12/h4-8,10,19-21H,9H2,1-3H3. The van der Waals surface area contributed by atoms with E-state index in [9.17, 15) is 15.3 Å². The van der Waals surface area contributed by atoms with E-state index in [4.69, 9.17) is 4.74 Å². The highest BCUT2D eigenvalue weighted by atomic mass is 16.5. The lowest BCUT2D eigenvalue weighted by Gasteiger charge is -2.15. The second kappa shape index (κ2) is 6.43. The minimum atomic E-state index is -0.0273. The predicted molar refractivity (Wildman–Crippen MR) is 86.6 cm³/mol. The van der Waals surface area contributed by atoms with Crippen LogP contribution in [0.4, 0.5) is 0 Å². The van der Waals surface area contributed by atoms with E-state index >= 15 is 0 Å². The highest BCUT2D eigenvalue weighted by Gasteiger charge is 2.18. The van der Waals surface area contributed by atoms with Gasteiger partial charge in [-0.25, -0.2) is 0 Å². The number of benzene rings is 2. The summed E-state index contributed by atoms with van der Waals surface area (Å²) in [7, 11) is 1.46. The molecule has 0 aliphatic heterocycles. The zero-order valence-corrected chi connectivity index (χ0v) is 12.9. The Morgan fingerprint density at radius 2 is 1.73 bits per heavy atom. The molecule has 0 fully saturated rings. The molecule has 3 N–H and O–H groups in total. The van der Waals surface area contributed by atoms with Gasteiger partial charge in [-0.05, 0) is 44.0 Å². The summed E-state index contributed by atoms with van der Waals surface area (Å²) in [6.07, 6.45) is 2.41. The first-order valence-corrected chi connectivity index (χ1v) is 6.98. The number of rotatable bonds is 4. The fourth-order valence-electron chi connectivity index (χ4n) is 2.28. The van der Waals surface area contributed by atoms with Gasteiger partial charge in [0.2, 0.25) is 0 Å². The summed E-state index contributed by atoms with van der Waals surface area (Å²) in [5.41, 5.74) is 2.84. The number of hydrogen-bond donors (Lipinski definition) is 3. The number of hydrogen-bond acceptors (Lipinski definition) is 4. The fourth-order valence-corrected chi connectivity index (χ4v) is 2.28. The highest BCUT2D eigenvalue weighted by molar-refractivity contribution is 5.77. The van der Waals surface area contributed by atoms with Crippen LogP contribution >= 0.6 is 0 Å². The van der Waals surface area contributed by atoms with E-state index < -0.39 is 0 Å². The zero-order chi connectivity index (χ0) is 16.3. The third-order valence-electron chi connectivity index (χ3n) is 3.43. The van der Waals surface area contributed by atoms with Crippen molar-refractivity contribution >= 4 is 0 Å². The summed E-state index contributed by atoms with van der Waals surface area (Å²) in [6, 6.07) is 7.90. The molecule has 2 rings (SSSR count). The molecule has 0 heterocycles. The quantitative estimate of drug-likeness (QED) is 0.590. The van der Waals surface area contributed by atoms with Crippen molar-refractivity contribution in [3.05, 3.63) is 47.5 Å². The van der Waals surface area contributed by atoms with Crippen LogP contribution in [0.15, 0.2) is 42.0 Å². The number of phenols is 3. The number of aromatic hydroxyl groups is 3. The first-order valence-electron chi connectivity index (χ1n) is 6.98. The molecule has 0 saturated carbocycles. The Morgan fingerprint density at radius 3 is 2.27 bits per heavy atom. The molecule has 0 radical (unpaired) electrons. The summed E-state index contributed by atoms with van der Waals surface area (Å²) in [5, 5.41) is 30.1. The fraction of sp³-hybridized carbons (Fsp3) is 0.222. The normalized spacial score (nSPS) is 10.3. The van der Waals surface area contributed by atoms with E-state index in [1.54, 1.807) is 12.1 Å². The molecule has 0 bridgehead atoms. The Hall–Kier alpha value is -2.62. The van der Waals surface area contributed by atoms with Crippen molar-refractivity contribution in [1.29, 1.82) is 0 Å². The van der Waals surface area contributed by atoms with Crippen molar-refractivity contribution in [3.63, 3.8) is 0 Å². The molecular formula is C18H20O4. The topological polar surface area (TPSA) is 69.9 Å². The molecule has 0 aliphatic carbocycles. The summed E-state index contributed by atoms with van der Waals surface area (Å²) in [5.74, 6) is 0.460. The van der Waals surface area contributed by atoms with Crippen LogP contribution in [-0.4, -0.2) is 22.4 Å². The van der Waals surface area contributed by atoms with Crippen LogP contribution in [0.3, 0.4) is 0 Å². The van der Waals surface area contributed by atoms with Crippen molar-refractivity contribution in [2.75, 3.05) is 7.11 Å². The predicted octanol–water partition coefficient (Wildman–Crippen LogP) is 3.99. The van der Waals surface area contributed by atoms with Gasteiger partial charge in [0.15, 0.2) is 11.5 Å². The molecule has 0 aromatic heterocycles. The maximum absolute atomic E-state index is 10.6. The average molecular weight is 300 g/mol. The summed E-state index contributed by atoms with van der Waals surface area (Å²) < 4.78 is 5.22. The smallest absolute Gasteiger partial charge is 0.167 e. The minimum Gasteiger partial charge on any atom is -0.508 e. The van der Waals surface area contributed by atoms with Crippen LogP contribution in [0.25, 0.3) is 11.1 Å². The molecule has 22 heavy (non-hydrogen) atoms. The molecular weight excluding hydrogens is 280 g/mol. The van der Waals surface area contributed by atoms with E-state index in [2.05, 4.69) is 0 Å². The Balaban J connectivity index is 2.61. The van der Waals surface area contributed by atoms with Gasteiger partial charge in [0.25, 0.3) is 0 Å². The van der Waals surface area contributed by atoms with Gasteiger partial charge >= 0.3 is 0 Å². The zero-order valence-electron chi connectivity index (χ0n) is 12.9. The van der Waals surface area contributed by atoms with Gasteiger partial charge in [0, 0.05) is 11.1 Å².